The van der Waals surface area contributed by atoms with E-state index in [0.717, 1.165) is 25.7 Å². The molecule has 1 aliphatic rings. The van der Waals surface area contributed by atoms with E-state index in [1.807, 2.05) is 0 Å². The van der Waals surface area contributed by atoms with Crippen LogP contribution < -0.4 is 5.32 Å². The van der Waals surface area contributed by atoms with Crippen molar-refractivity contribution >= 4 is 11.9 Å². The summed E-state index contributed by atoms with van der Waals surface area (Å²) in [7, 11) is 1.21. The van der Waals surface area contributed by atoms with Crippen LogP contribution in [-0.2, 0) is 14.3 Å². The Morgan fingerprint density at radius 3 is 2.50 bits per heavy atom. The molecule has 1 rings (SSSR count). The third kappa shape index (κ3) is 2.72. The first-order valence-electron chi connectivity index (χ1n) is 5.00. The minimum Gasteiger partial charge on any atom is -0.462 e. The van der Waals surface area contributed by atoms with Gasteiger partial charge in [-0.3, -0.25) is 4.79 Å². The first-order valence-corrected chi connectivity index (χ1v) is 5.00. The minimum absolute atomic E-state index is 0.276. The van der Waals surface area contributed by atoms with Crippen LogP contribution in [0.3, 0.4) is 0 Å². The molecule has 0 saturated heterocycles. The molecule has 1 saturated carbocycles. The van der Waals surface area contributed by atoms with Crippen LogP contribution in [0.4, 0.5) is 0 Å². The molecule has 0 spiro atoms. The smallest absolute Gasteiger partial charge is 0.396 e. The third-order valence-corrected chi connectivity index (χ3v) is 2.73. The fourth-order valence-corrected chi connectivity index (χ4v) is 1.65. The van der Waals surface area contributed by atoms with E-state index in [2.05, 4.69) is 17.0 Å². The van der Waals surface area contributed by atoms with Crippen molar-refractivity contribution in [1.29, 1.82) is 0 Å². The van der Waals surface area contributed by atoms with Gasteiger partial charge in [-0.25, -0.2) is 4.79 Å². The summed E-state index contributed by atoms with van der Waals surface area (Å²) < 4.78 is 4.31. The predicted molar refractivity (Wildman–Crippen MR) is 51.6 cm³/mol. The Balaban J connectivity index is 2.26. The molecule has 1 amide bonds. The van der Waals surface area contributed by atoms with E-state index in [0.29, 0.717) is 6.54 Å². The highest BCUT2D eigenvalue weighted by Crippen LogP contribution is 2.48. The van der Waals surface area contributed by atoms with Gasteiger partial charge < -0.3 is 10.1 Å². The normalized spacial score (nSPS) is 17.3. The molecule has 0 aliphatic heterocycles. The van der Waals surface area contributed by atoms with Gasteiger partial charge >= 0.3 is 11.9 Å². The molecular formula is C10H17NO3. The van der Waals surface area contributed by atoms with Crippen LogP contribution in [0.5, 0.6) is 0 Å². The van der Waals surface area contributed by atoms with Gasteiger partial charge in [-0.05, 0) is 24.7 Å². The largest absolute Gasteiger partial charge is 0.462 e. The molecule has 0 heterocycles. The highest BCUT2D eigenvalue weighted by molar-refractivity contribution is 6.32. The standard InChI is InChI=1S/C10H17NO3/c1-3-4-10(5-6-10)7-11-8(12)9(13)14-2/h3-7H2,1-2H3,(H,11,12). The molecule has 1 aliphatic carbocycles. The van der Waals surface area contributed by atoms with Crippen molar-refractivity contribution in [2.75, 3.05) is 13.7 Å². The van der Waals surface area contributed by atoms with Gasteiger partial charge in [0.05, 0.1) is 7.11 Å². The van der Waals surface area contributed by atoms with E-state index >= 15 is 0 Å². The molecule has 4 nitrogen and oxygen atoms in total. The summed E-state index contributed by atoms with van der Waals surface area (Å²) in [5.74, 6) is -1.44. The van der Waals surface area contributed by atoms with E-state index in [1.165, 1.54) is 7.11 Å². The molecule has 1 fully saturated rings. The predicted octanol–water partition coefficient (Wildman–Crippen LogP) is 0.856. The lowest BCUT2D eigenvalue weighted by molar-refractivity contribution is -0.152. The van der Waals surface area contributed by atoms with Crippen LogP contribution in [0.2, 0.25) is 0 Å². The second kappa shape index (κ2) is 4.44. The average molecular weight is 199 g/mol. The molecule has 14 heavy (non-hydrogen) atoms. The number of nitrogens with one attached hydrogen (secondary N) is 1. The number of amides is 1. The van der Waals surface area contributed by atoms with Crippen LogP contribution in [-0.4, -0.2) is 25.5 Å². The maximum Gasteiger partial charge on any atom is 0.396 e. The number of carbonyl (C=O) groups is 2. The molecular weight excluding hydrogens is 182 g/mol. The van der Waals surface area contributed by atoms with Gasteiger partial charge in [-0.1, -0.05) is 13.3 Å². The van der Waals surface area contributed by atoms with Crippen molar-refractivity contribution in [2.24, 2.45) is 5.41 Å². The molecule has 0 aromatic rings. The van der Waals surface area contributed by atoms with Gasteiger partial charge in [-0.15, -0.1) is 0 Å². The SMILES string of the molecule is CCCC1(CNC(=O)C(=O)OC)CC1. The molecule has 0 aromatic heterocycles. The Morgan fingerprint density at radius 2 is 2.07 bits per heavy atom. The highest BCUT2D eigenvalue weighted by Gasteiger charge is 2.41. The summed E-state index contributed by atoms with van der Waals surface area (Å²) in [5.41, 5.74) is 0.276. The summed E-state index contributed by atoms with van der Waals surface area (Å²) in [6.07, 6.45) is 4.55. The Morgan fingerprint density at radius 1 is 1.43 bits per heavy atom. The van der Waals surface area contributed by atoms with E-state index in [4.69, 9.17) is 0 Å². The first-order chi connectivity index (χ1) is 6.63. The van der Waals surface area contributed by atoms with Crippen LogP contribution in [0.1, 0.15) is 32.6 Å². The van der Waals surface area contributed by atoms with Gasteiger partial charge in [0.2, 0.25) is 0 Å². The van der Waals surface area contributed by atoms with Gasteiger partial charge in [0.25, 0.3) is 0 Å². The van der Waals surface area contributed by atoms with Gasteiger partial charge in [-0.2, -0.15) is 0 Å². The van der Waals surface area contributed by atoms with Crippen LogP contribution in [0.25, 0.3) is 0 Å². The molecule has 0 aromatic carbocycles. The average Bonchev–Trinajstić information content (AvgIpc) is 2.94. The fourth-order valence-electron chi connectivity index (χ4n) is 1.65. The monoisotopic (exact) mass is 199 g/mol. The van der Waals surface area contributed by atoms with Crippen molar-refractivity contribution < 1.29 is 14.3 Å². The summed E-state index contributed by atoms with van der Waals surface area (Å²) in [6, 6.07) is 0. The lowest BCUT2D eigenvalue weighted by Crippen LogP contribution is -2.36. The molecule has 1 N–H and O–H groups in total. The fraction of sp³-hybridized carbons (Fsp3) is 0.800. The summed E-state index contributed by atoms with van der Waals surface area (Å²) >= 11 is 0. The van der Waals surface area contributed by atoms with Crippen molar-refractivity contribution in [3.05, 3.63) is 0 Å². The van der Waals surface area contributed by atoms with Crippen molar-refractivity contribution in [3.8, 4) is 0 Å². The lowest BCUT2D eigenvalue weighted by atomic mass is 10.0. The van der Waals surface area contributed by atoms with Crippen molar-refractivity contribution in [2.45, 2.75) is 32.6 Å². The van der Waals surface area contributed by atoms with Crippen molar-refractivity contribution in [3.63, 3.8) is 0 Å². The lowest BCUT2D eigenvalue weighted by Gasteiger charge is -2.13. The number of ether oxygens (including phenoxy) is 1. The minimum atomic E-state index is -0.808. The Labute approximate surface area is 84.0 Å². The topological polar surface area (TPSA) is 55.4 Å². The van der Waals surface area contributed by atoms with E-state index in [-0.39, 0.29) is 5.41 Å². The Hall–Kier alpha value is -1.06. The van der Waals surface area contributed by atoms with Gasteiger partial charge in [0.15, 0.2) is 0 Å². The number of rotatable bonds is 4. The molecule has 80 valence electrons. The van der Waals surface area contributed by atoms with Crippen LogP contribution in [0.15, 0.2) is 0 Å². The second-order valence-corrected chi connectivity index (χ2v) is 3.92. The van der Waals surface area contributed by atoms with Crippen LogP contribution in [0, 0.1) is 5.41 Å². The Bertz CT molecular complexity index is 234. The summed E-state index contributed by atoms with van der Waals surface area (Å²) in [5, 5.41) is 2.61. The van der Waals surface area contributed by atoms with Crippen LogP contribution >= 0.6 is 0 Å². The summed E-state index contributed by atoms with van der Waals surface area (Å²) in [6.45, 7) is 2.73. The van der Waals surface area contributed by atoms with E-state index < -0.39 is 11.9 Å². The number of hydrogen-bond acceptors (Lipinski definition) is 3. The maximum absolute atomic E-state index is 11.1. The molecule has 4 heteroatoms. The van der Waals surface area contributed by atoms with E-state index in [9.17, 15) is 9.59 Å². The molecule has 0 atom stereocenters. The second-order valence-electron chi connectivity index (χ2n) is 3.92. The van der Waals surface area contributed by atoms with Gasteiger partial charge in [0.1, 0.15) is 0 Å². The maximum atomic E-state index is 11.1. The number of methoxy groups -OCH3 is 1. The van der Waals surface area contributed by atoms with Gasteiger partial charge in [0, 0.05) is 6.54 Å². The first kappa shape index (κ1) is 11.0. The quantitative estimate of drug-likeness (QED) is 0.539. The number of hydrogen-bond donors (Lipinski definition) is 1. The number of carbonyl (C=O) groups excluding carboxylic acids is 2. The third-order valence-electron chi connectivity index (χ3n) is 2.73. The summed E-state index contributed by atoms with van der Waals surface area (Å²) in [4.78, 5) is 21.8. The number of esters is 1. The zero-order valence-corrected chi connectivity index (χ0v) is 8.76. The highest BCUT2D eigenvalue weighted by atomic mass is 16.5. The Kier molecular flexibility index (Phi) is 3.49. The van der Waals surface area contributed by atoms with E-state index in [1.54, 1.807) is 0 Å². The zero-order valence-electron chi connectivity index (χ0n) is 8.76. The molecule has 0 bridgehead atoms. The molecule has 0 unspecified atom stereocenters. The zero-order chi connectivity index (χ0) is 10.6. The molecule has 0 radical (unpaired) electrons. The van der Waals surface area contributed by atoms with Crippen molar-refractivity contribution in [1.82, 2.24) is 5.32 Å².